The highest BCUT2D eigenvalue weighted by atomic mass is 35.5. The largest absolute Gasteiger partial charge is 0.466 e. The Kier molecular flexibility index (Phi) is 5.94. The second-order valence-corrected chi connectivity index (χ2v) is 7.51. The van der Waals surface area contributed by atoms with E-state index in [1.54, 1.807) is 13.0 Å². The van der Waals surface area contributed by atoms with Crippen molar-refractivity contribution in [1.82, 2.24) is 0 Å². The molecule has 0 unspecified atom stereocenters. The average molecular weight is 405 g/mol. The molecular formula is C19H20ClF3O4. The van der Waals surface area contributed by atoms with Crippen molar-refractivity contribution in [2.24, 2.45) is 17.3 Å². The summed E-state index contributed by atoms with van der Waals surface area (Å²) in [6.07, 6.45) is 1.62. The number of hydrogen-bond donors (Lipinski definition) is 0. The van der Waals surface area contributed by atoms with Gasteiger partial charge in [0.15, 0.2) is 11.6 Å². The van der Waals surface area contributed by atoms with Gasteiger partial charge in [-0.3, -0.25) is 4.79 Å². The average Bonchev–Trinajstić information content (AvgIpc) is 3.17. The first-order chi connectivity index (χ1) is 12.4. The van der Waals surface area contributed by atoms with Crippen molar-refractivity contribution in [1.29, 1.82) is 0 Å². The van der Waals surface area contributed by atoms with Crippen LogP contribution in [0.15, 0.2) is 11.6 Å². The van der Waals surface area contributed by atoms with E-state index in [1.165, 1.54) is 7.11 Å². The van der Waals surface area contributed by atoms with Gasteiger partial charge in [-0.2, -0.15) is 0 Å². The Bertz CT molecular complexity index is 804. The molecule has 27 heavy (non-hydrogen) atoms. The van der Waals surface area contributed by atoms with Gasteiger partial charge in [0.05, 0.1) is 18.1 Å². The molecule has 1 aromatic rings. The normalized spacial score (nSPS) is 21.0. The fraction of sp³-hybridized carbons (Fsp3) is 0.474. The van der Waals surface area contributed by atoms with Crippen LogP contribution < -0.4 is 0 Å². The summed E-state index contributed by atoms with van der Waals surface area (Å²) < 4.78 is 51.2. The molecule has 0 amide bonds. The first-order valence-corrected chi connectivity index (χ1v) is 8.57. The van der Waals surface area contributed by atoms with Crippen LogP contribution in [0.5, 0.6) is 0 Å². The van der Waals surface area contributed by atoms with E-state index in [4.69, 9.17) is 16.3 Å². The minimum atomic E-state index is -1.37. The first kappa shape index (κ1) is 21.3. The maximum absolute atomic E-state index is 14.0. The lowest BCUT2D eigenvalue weighted by atomic mass is 10.1. The number of esters is 2. The molecule has 0 saturated heterocycles. The molecule has 0 bridgehead atoms. The Morgan fingerprint density at radius 2 is 1.78 bits per heavy atom. The second kappa shape index (κ2) is 7.54. The highest BCUT2D eigenvalue weighted by Gasteiger charge is 2.61. The topological polar surface area (TPSA) is 52.6 Å². The molecule has 1 fully saturated rings. The van der Waals surface area contributed by atoms with E-state index >= 15 is 0 Å². The second-order valence-electron chi connectivity index (χ2n) is 7.13. The number of ether oxygens (including phenoxy) is 2. The van der Waals surface area contributed by atoms with Gasteiger partial charge in [0.1, 0.15) is 12.4 Å². The van der Waals surface area contributed by atoms with E-state index in [2.05, 4.69) is 4.74 Å². The van der Waals surface area contributed by atoms with E-state index in [0.29, 0.717) is 5.57 Å². The number of methoxy groups -OCH3 is 1. The van der Waals surface area contributed by atoms with Gasteiger partial charge in [-0.15, -0.1) is 0 Å². The Morgan fingerprint density at radius 3 is 2.33 bits per heavy atom. The van der Waals surface area contributed by atoms with Crippen LogP contribution in [-0.4, -0.2) is 19.0 Å². The van der Waals surface area contributed by atoms with Gasteiger partial charge in [0.25, 0.3) is 0 Å². The summed E-state index contributed by atoms with van der Waals surface area (Å²) in [6, 6.07) is 0. The van der Waals surface area contributed by atoms with Crippen LogP contribution >= 0.6 is 11.6 Å². The Hall–Kier alpha value is -2.02. The van der Waals surface area contributed by atoms with Crippen LogP contribution in [0.2, 0.25) is 5.02 Å². The Labute approximate surface area is 160 Å². The highest BCUT2D eigenvalue weighted by Crippen LogP contribution is 2.60. The van der Waals surface area contributed by atoms with Gasteiger partial charge in [-0.25, -0.2) is 18.0 Å². The molecule has 0 N–H and O–H groups in total. The quantitative estimate of drug-likeness (QED) is 0.412. The summed E-state index contributed by atoms with van der Waals surface area (Å²) in [6.45, 7) is 5.54. The van der Waals surface area contributed by atoms with Crippen molar-refractivity contribution in [3.8, 4) is 0 Å². The SMILES string of the molecule is COC(=O)/C(C)=C/[C@@H]1[C@@H](C(=O)OCc2c(F)c(F)c(C)c(F)c2Cl)C1(C)C. The predicted molar refractivity (Wildman–Crippen MR) is 92.4 cm³/mol. The molecule has 0 aromatic heterocycles. The zero-order valence-electron chi connectivity index (χ0n) is 15.6. The lowest BCUT2D eigenvalue weighted by molar-refractivity contribution is -0.147. The van der Waals surface area contributed by atoms with E-state index in [0.717, 1.165) is 6.92 Å². The van der Waals surface area contributed by atoms with Crippen molar-refractivity contribution >= 4 is 23.5 Å². The number of carbonyl (C=O) groups is 2. The molecule has 1 aliphatic rings. The van der Waals surface area contributed by atoms with Crippen LogP contribution in [0, 0.1) is 41.6 Å². The zero-order valence-corrected chi connectivity index (χ0v) is 16.3. The standard InChI is InChI=1S/C19H20ClF3O4/c1-8(17(24)26-5)6-11-12(19(11,3)4)18(25)27-7-10-13(20)14(21)9(2)15(22)16(10)23/h6,11-12H,7H2,1-5H3/b8-6+/t11-,12+/m1/s1. The van der Waals surface area contributed by atoms with Crippen molar-refractivity contribution in [2.75, 3.05) is 7.11 Å². The van der Waals surface area contributed by atoms with E-state index in [1.807, 2.05) is 13.8 Å². The number of hydrogen-bond acceptors (Lipinski definition) is 4. The molecule has 4 nitrogen and oxygen atoms in total. The molecule has 0 spiro atoms. The molecule has 0 aliphatic heterocycles. The lowest BCUT2D eigenvalue weighted by Crippen LogP contribution is -2.13. The van der Waals surface area contributed by atoms with Crippen molar-refractivity contribution in [3.63, 3.8) is 0 Å². The van der Waals surface area contributed by atoms with Gasteiger partial charge in [-0.1, -0.05) is 31.5 Å². The zero-order chi connectivity index (χ0) is 20.7. The molecule has 2 atom stereocenters. The highest BCUT2D eigenvalue weighted by molar-refractivity contribution is 6.31. The van der Waals surface area contributed by atoms with Crippen LogP contribution in [0.4, 0.5) is 13.2 Å². The third-order valence-corrected chi connectivity index (χ3v) is 5.43. The molecule has 2 rings (SSSR count). The molecule has 0 radical (unpaired) electrons. The monoisotopic (exact) mass is 404 g/mol. The summed E-state index contributed by atoms with van der Waals surface area (Å²) in [4.78, 5) is 23.9. The molecule has 1 saturated carbocycles. The number of halogens is 4. The molecule has 1 aliphatic carbocycles. The van der Waals surface area contributed by atoms with E-state index < -0.39 is 63.5 Å². The summed E-state index contributed by atoms with van der Waals surface area (Å²) in [7, 11) is 1.25. The molecular weight excluding hydrogens is 385 g/mol. The fourth-order valence-electron chi connectivity index (χ4n) is 3.08. The number of allylic oxidation sites excluding steroid dienone is 1. The fourth-order valence-corrected chi connectivity index (χ4v) is 3.36. The van der Waals surface area contributed by atoms with Crippen molar-refractivity contribution in [2.45, 2.75) is 34.3 Å². The van der Waals surface area contributed by atoms with Gasteiger partial charge < -0.3 is 9.47 Å². The van der Waals surface area contributed by atoms with Gasteiger partial charge in [-0.05, 0) is 25.2 Å². The molecule has 0 heterocycles. The summed E-state index contributed by atoms with van der Waals surface area (Å²) in [5.41, 5.74) is -1.23. The number of carbonyl (C=O) groups excluding carboxylic acids is 2. The Morgan fingerprint density at radius 1 is 1.19 bits per heavy atom. The minimum Gasteiger partial charge on any atom is -0.466 e. The smallest absolute Gasteiger partial charge is 0.333 e. The summed E-state index contributed by atoms with van der Waals surface area (Å²) >= 11 is 5.72. The maximum atomic E-state index is 14.0. The van der Waals surface area contributed by atoms with Gasteiger partial charge in [0.2, 0.25) is 0 Å². The first-order valence-electron chi connectivity index (χ1n) is 8.19. The van der Waals surface area contributed by atoms with Crippen LogP contribution in [-0.2, 0) is 25.7 Å². The Balaban J connectivity index is 2.15. The summed E-state index contributed by atoms with van der Waals surface area (Å²) in [5.74, 6) is -5.86. The van der Waals surface area contributed by atoms with Crippen molar-refractivity contribution in [3.05, 3.63) is 45.3 Å². The predicted octanol–water partition coefficient (Wildman–Crippen LogP) is 4.50. The minimum absolute atomic E-state index is 0.282. The number of benzene rings is 1. The third-order valence-electron chi connectivity index (χ3n) is 5.03. The van der Waals surface area contributed by atoms with Gasteiger partial charge in [0, 0.05) is 16.7 Å². The molecule has 1 aromatic carbocycles. The summed E-state index contributed by atoms with van der Waals surface area (Å²) in [5, 5.41) is -0.618. The molecule has 8 heteroatoms. The number of rotatable bonds is 5. The van der Waals surface area contributed by atoms with Crippen molar-refractivity contribution < 1.29 is 32.2 Å². The maximum Gasteiger partial charge on any atom is 0.333 e. The van der Waals surface area contributed by atoms with E-state index in [-0.39, 0.29) is 5.92 Å². The van der Waals surface area contributed by atoms with Gasteiger partial charge >= 0.3 is 11.9 Å². The van der Waals surface area contributed by atoms with Crippen LogP contribution in [0.3, 0.4) is 0 Å². The molecule has 148 valence electrons. The van der Waals surface area contributed by atoms with Crippen LogP contribution in [0.1, 0.15) is 31.9 Å². The van der Waals surface area contributed by atoms with Crippen LogP contribution in [0.25, 0.3) is 0 Å². The third kappa shape index (κ3) is 3.83. The van der Waals surface area contributed by atoms with E-state index in [9.17, 15) is 22.8 Å². The lowest BCUT2D eigenvalue weighted by Gasteiger charge is -2.11.